The molecule has 0 aliphatic rings. The molecule has 0 atom stereocenters. The molecule has 0 unspecified atom stereocenters. The van der Waals surface area contributed by atoms with Gasteiger partial charge >= 0.3 is 0 Å². The molecule has 0 aliphatic heterocycles. The number of rotatable bonds is 4. The van der Waals surface area contributed by atoms with Gasteiger partial charge in [-0.1, -0.05) is 11.3 Å². The average Bonchev–Trinajstić information content (AvgIpc) is 2.60. The molecule has 1 aromatic heterocycles. The van der Waals surface area contributed by atoms with E-state index in [1.165, 1.54) is 0 Å². The molecule has 0 saturated carbocycles. The van der Waals surface area contributed by atoms with Gasteiger partial charge in [-0.3, -0.25) is 4.79 Å². The van der Waals surface area contributed by atoms with E-state index in [1.54, 1.807) is 11.9 Å². The fourth-order valence-corrected chi connectivity index (χ4v) is 1.66. The second-order valence-electron chi connectivity index (χ2n) is 2.69. The number of amides is 1. The molecule has 1 aromatic rings. The van der Waals surface area contributed by atoms with Crippen molar-refractivity contribution in [1.29, 1.82) is 0 Å². The standard InChI is InChI=1S/C7H11ClN4OS/c1-9-3-4-12(2)6(13)5-10-11-7(8)14-5/h9H,3-4H2,1-2H3. The van der Waals surface area contributed by atoms with Crippen LogP contribution in [0.15, 0.2) is 0 Å². The molecule has 0 spiro atoms. The van der Waals surface area contributed by atoms with Crippen LogP contribution in [0.2, 0.25) is 4.47 Å². The predicted molar refractivity (Wildman–Crippen MR) is 55.8 cm³/mol. The summed E-state index contributed by atoms with van der Waals surface area (Å²) in [7, 11) is 3.55. The maximum Gasteiger partial charge on any atom is 0.284 e. The third-order valence-electron chi connectivity index (χ3n) is 1.63. The minimum Gasteiger partial charge on any atom is -0.338 e. The molecule has 78 valence electrons. The van der Waals surface area contributed by atoms with E-state index in [2.05, 4.69) is 15.5 Å². The van der Waals surface area contributed by atoms with Gasteiger partial charge in [0.1, 0.15) is 0 Å². The fourth-order valence-electron chi connectivity index (χ4n) is 0.836. The number of halogens is 1. The van der Waals surface area contributed by atoms with Crippen LogP contribution < -0.4 is 5.32 Å². The quantitative estimate of drug-likeness (QED) is 0.824. The highest BCUT2D eigenvalue weighted by Gasteiger charge is 2.15. The number of hydrogen-bond acceptors (Lipinski definition) is 5. The first-order valence-corrected chi connectivity index (χ1v) is 5.23. The number of carbonyl (C=O) groups excluding carboxylic acids is 1. The predicted octanol–water partition coefficient (Wildman–Crippen LogP) is 0.483. The Hall–Kier alpha value is -0.720. The molecule has 1 N–H and O–H groups in total. The van der Waals surface area contributed by atoms with Gasteiger partial charge in [0.15, 0.2) is 0 Å². The molecular formula is C7H11ClN4OS. The van der Waals surface area contributed by atoms with E-state index in [-0.39, 0.29) is 10.4 Å². The minimum absolute atomic E-state index is 0.148. The third-order valence-corrected chi connectivity index (χ3v) is 2.63. The topological polar surface area (TPSA) is 58.1 Å². The Morgan fingerprint density at radius 3 is 2.86 bits per heavy atom. The number of carbonyl (C=O) groups is 1. The number of nitrogens with zero attached hydrogens (tertiary/aromatic N) is 3. The monoisotopic (exact) mass is 234 g/mol. The zero-order valence-corrected chi connectivity index (χ0v) is 9.52. The van der Waals surface area contributed by atoms with Crippen molar-refractivity contribution < 1.29 is 4.79 Å². The summed E-state index contributed by atoms with van der Waals surface area (Å²) in [5.74, 6) is -0.148. The maximum absolute atomic E-state index is 11.6. The number of hydrogen-bond donors (Lipinski definition) is 1. The van der Waals surface area contributed by atoms with Crippen LogP contribution in [0, 0.1) is 0 Å². The smallest absolute Gasteiger partial charge is 0.284 e. The lowest BCUT2D eigenvalue weighted by Crippen LogP contribution is -2.32. The first-order valence-electron chi connectivity index (χ1n) is 4.04. The number of likely N-dealkylation sites (N-methyl/N-ethyl adjacent to an activating group) is 2. The molecule has 0 bridgehead atoms. The van der Waals surface area contributed by atoms with Crippen LogP contribution in [0.5, 0.6) is 0 Å². The van der Waals surface area contributed by atoms with E-state index in [0.717, 1.165) is 17.9 Å². The van der Waals surface area contributed by atoms with Crippen molar-refractivity contribution >= 4 is 28.8 Å². The summed E-state index contributed by atoms with van der Waals surface area (Å²) >= 11 is 6.66. The van der Waals surface area contributed by atoms with Crippen LogP contribution in [0.3, 0.4) is 0 Å². The average molecular weight is 235 g/mol. The number of aromatic nitrogens is 2. The Bertz CT molecular complexity index is 316. The van der Waals surface area contributed by atoms with Crippen molar-refractivity contribution in [1.82, 2.24) is 20.4 Å². The van der Waals surface area contributed by atoms with Crippen LogP contribution in [0.1, 0.15) is 9.80 Å². The van der Waals surface area contributed by atoms with E-state index >= 15 is 0 Å². The molecule has 1 amide bonds. The molecular weight excluding hydrogens is 224 g/mol. The van der Waals surface area contributed by atoms with Gasteiger partial charge in [-0.2, -0.15) is 0 Å². The highest BCUT2D eigenvalue weighted by molar-refractivity contribution is 7.17. The molecule has 7 heteroatoms. The molecule has 0 aromatic carbocycles. The summed E-state index contributed by atoms with van der Waals surface area (Å²) in [6.45, 7) is 1.38. The molecule has 5 nitrogen and oxygen atoms in total. The molecule has 0 saturated heterocycles. The SMILES string of the molecule is CNCCN(C)C(=O)c1nnc(Cl)s1. The van der Waals surface area contributed by atoms with Gasteiger partial charge in [-0.05, 0) is 18.6 Å². The summed E-state index contributed by atoms with van der Waals surface area (Å²) in [4.78, 5) is 13.2. The van der Waals surface area contributed by atoms with Crippen molar-refractivity contribution in [3.63, 3.8) is 0 Å². The van der Waals surface area contributed by atoms with Crippen molar-refractivity contribution in [2.75, 3.05) is 27.2 Å². The van der Waals surface area contributed by atoms with Gasteiger partial charge in [0.25, 0.3) is 5.91 Å². The van der Waals surface area contributed by atoms with Gasteiger partial charge in [-0.25, -0.2) is 0 Å². The molecule has 0 fully saturated rings. The third kappa shape index (κ3) is 2.90. The Morgan fingerprint density at radius 1 is 1.64 bits per heavy atom. The van der Waals surface area contributed by atoms with Crippen molar-refractivity contribution in [2.45, 2.75) is 0 Å². The van der Waals surface area contributed by atoms with E-state index in [0.29, 0.717) is 11.6 Å². The second-order valence-corrected chi connectivity index (χ2v) is 4.25. The van der Waals surface area contributed by atoms with Gasteiger partial charge in [0.05, 0.1) is 0 Å². The van der Waals surface area contributed by atoms with Gasteiger partial charge < -0.3 is 10.2 Å². The Labute approximate surface area is 91.1 Å². The van der Waals surface area contributed by atoms with E-state index in [1.807, 2.05) is 7.05 Å². The normalized spacial score (nSPS) is 10.2. The van der Waals surface area contributed by atoms with Gasteiger partial charge in [0.2, 0.25) is 9.47 Å². The maximum atomic E-state index is 11.6. The first kappa shape index (κ1) is 11.4. The number of nitrogens with one attached hydrogen (secondary N) is 1. The van der Waals surface area contributed by atoms with Crippen LogP contribution >= 0.6 is 22.9 Å². The highest BCUT2D eigenvalue weighted by Crippen LogP contribution is 2.15. The Kier molecular flexibility index (Phi) is 4.24. The molecule has 1 rings (SSSR count). The summed E-state index contributed by atoms with van der Waals surface area (Å²) < 4.78 is 0.287. The van der Waals surface area contributed by atoms with Gasteiger partial charge in [0, 0.05) is 20.1 Å². The van der Waals surface area contributed by atoms with E-state index in [4.69, 9.17) is 11.6 Å². The summed E-state index contributed by atoms with van der Waals surface area (Å²) in [6.07, 6.45) is 0. The lowest BCUT2D eigenvalue weighted by molar-refractivity contribution is 0.0795. The Morgan fingerprint density at radius 2 is 2.36 bits per heavy atom. The summed E-state index contributed by atoms with van der Waals surface area (Å²) in [6, 6.07) is 0. The lowest BCUT2D eigenvalue weighted by Gasteiger charge is -2.14. The van der Waals surface area contributed by atoms with Crippen LogP contribution in [0.4, 0.5) is 0 Å². The summed E-state index contributed by atoms with van der Waals surface area (Å²) in [5.41, 5.74) is 0. The van der Waals surface area contributed by atoms with Crippen LogP contribution in [-0.4, -0.2) is 48.2 Å². The molecule has 0 aliphatic carbocycles. The fraction of sp³-hybridized carbons (Fsp3) is 0.571. The van der Waals surface area contributed by atoms with Crippen molar-refractivity contribution in [3.8, 4) is 0 Å². The highest BCUT2D eigenvalue weighted by atomic mass is 35.5. The Balaban J connectivity index is 2.56. The van der Waals surface area contributed by atoms with Crippen LogP contribution in [0.25, 0.3) is 0 Å². The van der Waals surface area contributed by atoms with E-state index < -0.39 is 0 Å². The van der Waals surface area contributed by atoms with E-state index in [9.17, 15) is 4.79 Å². The van der Waals surface area contributed by atoms with Crippen molar-refractivity contribution in [2.24, 2.45) is 0 Å². The largest absolute Gasteiger partial charge is 0.338 e. The molecule has 1 heterocycles. The molecule has 14 heavy (non-hydrogen) atoms. The minimum atomic E-state index is -0.148. The zero-order valence-electron chi connectivity index (χ0n) is 7.95. The lowest BCUT2D eigenvalue weighted by atomic mass is 10.5. The zero-order chi connectivity index (χ0) is 10.6. The molecule has 0 radical (unpaired) electrons. The van der Waals surface area contributed by atoms with Crippen molar-refractivity contribution in [3.05, 3.63) is 9.47 Å². The second kappa shape index (κ2) is 5.23. The first-order chi connectivity index (χ1) is 6.65. The summed E-state index contributed by atoms with van der Waals surface area (Å²) in [5, 5.41) is 10.5. The van der Waals surface area contributed by atoms with Gasteiger partial charge in [-0.15, -0.1) is 10.2 Å². The van der Waals surface area contributed by atoms with Crippen LogP contribution in [-0.2, 0) is 0 Å².